The van der Waals surface area contributed by atoms with Gasteiger partial charge >= 0.3 is 0 Å². The van der Waals surface area contributed by atoms with Gasteiger partial charge in [0.15, 0.2) is 0 Å². The molecule has 0 unspecified atom stereocenters. The van der Waals surface area contributed by atoms with Crippen molar-refractivity contribution < 1.29 is 9.53 Å². The molecule has 0 spiro atoms. The summed E-state index contributed by atoms with van der Waals surface area (Å²) >= 11 is 3.47. The van der Waals surface area contributed by atoms with Crippen molar-refractivity contribution in [1.29, 1.82) is 0 Å². The Kier molecular flexibility index (Phi) is 6.69. The maximum atomic E-state index is 12.6. The summed E-state index contributed by atoms with van der Waals surface area (Å²) < 4.78 is 6.69. The lowest BCUT2D eigenvalue weighted by atomic mass is 9.95. The summed E-state index contributed by atoms with van der Waals surface area (Å²) in [6.45, 7) is 5.36. The molecular weight excluding hydrogens is 392 g/mol. The predicted molar refractivity (Wildman–Crippen MR) is 108 cm³/mol. The van der Waals surface area contributed by atoms with Crippen LogP contribution in [0.3, 0.4) is 0 Å². The molecule has 0 aromatic heterocycles. The van der Waals surface area contributed by atoms with Gasteiger partial charge in [0.2, 0.25) is 5.91 Å². The Morgan fingerprint density at radius 2 is 1.85 bits per heavy atom. The summed E-state index contributed by atoms with van der Waals surface area (Å²) in [6, 6.07) is 16.1. The molecule has 2 aromatic rings. The van der Waals surface area contributed by atoms with Gasteiger partial charge in [0.05, 0.1) is 12.3 Å². The minimum Gasteiger partial charge on any atom is -0.492 e. The van der Waals surface area contributed by atoms with Gasteiger partial charge in [0.25, 0.3) is 0 Å². The number of benzene rings is 2. The highest BCUT2D eigenvalue weighted by Gasteiger charge is 2.25. The van der Waals surface area contributed by atoms with Crippen LogP contribution in [0.25, 0.3) is 0 Å². The van der Waals surface area contributed by atoms with Gasteiger partial charge < -0.3 is 10.1 Å². The number of halogens is 1. The molecule has 1 amide bonds. The minimum absolute atomic E-state index is 0.0610. The van der Waals surface area contributed by atoms with E-state index in [0.29, 0.717) is 6.61 Å². The van der Waals surface area contributed by atoms with Crippen LogP contribution in [0.2, 0.25) is 0 Å². The molecule has 1 saturated heterocycles. The summed E-state index contributed by atoms with van der Waals surface area (Å²) in [5.41, 5.74) is 2.07. The summed E-state index contributed by atoms with van der Waals surface area (Å²) in [6.07, 6.45) is 1.78. The van der Waals surface area contributed by atoms with E-state index in [4.69, 9.17) is 4.74 Å². The Labute approximate surface area is 163 Å². The number of likely N-dealkylation sites (tertiary alicyclic amines) is 1. The Morgan fingerprint density at radius 3 is 2.54 bits per heavy atom. The van der Waals surface area contributed by atoms with Crippen molar-refractivity contribution in [1.82, 2.24) is 4.90 Å². The van der Waals surface area contributed by atoms with E-state index in [1.165, 1.54) is 5.56 Å². The van der Waals surface area contributed by atoms with Gasteiger partial charge in [0, 0.05) is 16.9 Å². The first-order valence-electron chi connectivity index (χ1n) is 9.15. The number of para-hydroxylation sites is 2. The van der Waals surface area contributed by atoms with E-state index in [-0.39, 0.29) is 11.8 Å². The fraction of sp³-hybridized carbons (Fsp3) is 0.381. The SMILES string of the molecule is CCOc1ccccc1NC(=O)C1CCN(Cc2ccc(Br)cc2)CC1. The summed E-state index contributed by atoms with van der Waals surface area (Å²) in [7, 11) is 0. The van der Waals surface area contributed by atoms with Crippen molar-refractivity contribution in [2.75, 3.05) is 25.0 Å². The molecule has 0 bridgehead atoms. The number of nitrogens with zero attached hydrogens (tertiary/aromatic N) is 1. The normalized spacial score (nSPS) is 15.6. The van der Waals surface area contributed by atoms with Gasteiger partial charge in [-0.15, -0.1) is 0 Å². The van der Waals surface area contributed by atoms with Crippen LogP contribution in [0.4, 0.5) is 5.69 Å². The third-order valence-corrected chi connectivity index (χ3v) is 5.25. The van der Waals surface area contributed by atoms with Crippen LogP contribution in [-0.4, -0.2) is 30.5 Å². The highest BCUT2D eigenvalue weighted by Crippen LogP contribution is 2.26. The van der Waals surface area contributed by atoms with E-state index in [1.54, 1.807) is 0 Å². The van der Waals surface area contributed by atoms with Crippen molar-refractivity contribution in [3.63, 3.8) is 0 Å². The highest BCUT2D eigenvalue weighted by molar-refractivity contribution is 9.10. The topological polar surface area (TPSA) is 41.6 Å². The summed E-state index contributed by atoms with van der Waals surface area (Å²) in [4.78, 5) is 15.1. The first kappa shape index (κ1) is 18.9. The average Bonchev–Trinajstić information content (AvgIpc) is 2.66. The van der Waals surface area contributed by atoms with Crippen molar-refractivity contribution in [2.45, 2.75) is 26.3 Å². The molecule has 0 radical (unpaired) electrons. The molecule has 0 atom stereocenters. The maximum Gasteiger partial charge on any atom is 0.227 e. The molecule has 1 aliphatic rings. The zero-order valence-corrected chi connectivity index (χ0v) is 16.7. The second kappa shape index (κ2) is 9.19. The van der Waals surface area contributed by atoms with Gasteiger partial charge in [-0.3, -0.25) is 9.69 Å². The van der Waals surface area contributed by atoms with E-state index in [2.05, 4.69) is 50.4 Å². The molecule has 4 nitrogen and oxygen atoms in total. The molecule has 1 heterocycles. The first-order valence-corrected chi connectivity index (χ1v) is 9.94. The van der Waals surface area contributed by atoms with E-state index >= 15 is 0 Å². The molecule has 3 rings (SSSR count). The molecule has 1 N–H and O–H groups in total. The zero-order valence-electron chi connectivity index (χ0n) is 15.1. The lowest BCUT2D eigenvalue weighted by Gasteiger charge is -2.31. The van der Waals surface area contributed by atoms with E-state index < -0.39 is 0 Å². The minimum atomic E-state index is 0.0610. The molecule has 26 heavy (non-hydrogen) atoms. The van der Waals surface area contributed by atoms with Gasteiger partial charge in [-0.25, -0.2) is 0 Å². The number of carbonyl (C=O) groups is 1. The largest absolute Gasteiger partial charge is 0.492 e. The number of anilines is 1. The Hall–Kier alpha value is -1.85. The van der Waals surface area contributed by atoms with Gasteiger partial charge in [-0.2, -0.15) is 0 Å². The molecule has 2 aromatic carbocycles. The number of hydrogen-bond acceptors (Lipinski definition) is 3. The molecule has 1 fully saturated rings. The van der Waals surface area contributed by atoms with Crippen LogP contribution in [0.1, 0.15) is 25.3 Å². The fourth-order valence-electron chi connectivity index (χ4n) is 3.29. The second-order valence-corrected chi connectivity index (χ2v) is 7.51. The van der Waals surface area contributed by atoms with Crippen LogP contribution in [0.5, 0.6) is 5.75 Å². The number of rotatable bonds is 6. The monoisotopic (exact) mass is 416 g/mol. The second-order valence-electron chi connectivity index (χ2n) is 6.60. The van der Waals surface area contributed by atoms with E-state index in [1.807, 2.05) is 31.2 Å². The van der Waals surface area contributed by atoms with Crippen LogP contribution in [-0.2, 0) is 11.3 Å². The molecular formula is C21H25BrN2O2. The molecule has 1 aliphatic heterocycles. The van der Waals surface area contributed by atoms with Crippen LogP contribution < -0.4 is 10.1 Å². The van der Waals surface area contributed by atoms with E-state index in [0.717, 1.165) is 48.4 Å². The lowest BCUT2D eigenvalue weighted by molar-refractivity contribution is -0.121. The molecule has 0 aliphatic carbocycles. The van der Waals surface area contributed by atoms with E-state index in [9.17, 15) is 4.79 Å². The standard InChI is InChI=1S/C21H25BrN2O2/c1-2-26-20-6-4-3-5-19(20)23-21(25)17-11-13-24(14-12-17)15-16-7-9-18(22)10-8-16/h3-10,17H,2,11-15H2,1H3,(H,23,25). The zero-order chi connectivity index (χ0) is 18.4. The van der Waals surface area contributed by atoms with Crippen LogP contribution in [0.15, 0.2) is 53.0 Å². The summed E-state index contributed by atoms with van der Waals surface area (Å²) in [5.74, 6) is 0.891. The molecule has 138 valence electrons. The maximum absolute atomic E-state index is 12.6. The molecule has 5 heteroatoms. The third-order valence-electron chi connectivity index (χ3n) is 4.72. The number of nitrogens with one attached hydrogen (secondary N) is 1. The van der Waals surface area contributed by atoms with Crippen molar-refractivity contribution in [3.05, 3.63) is 58.6 Å². The van der Waals surface area contributed by atoms with Gasteiger partial charge in [-0.1, -0.05) is 40.2 Å². The quantitative estimate of drug-likeness (QED) is 0.741. The number of piperidine rings is 1. The summed E-state index contributed by atoms with van der Waals surface area (Å²) in [5, 5.41) is 3.05. The van der Waals surface area contributed by atoms with Gasteiger partial charge in [0.1, 0.15) is 5.75 Å². The Morgan fingerprint density at radius 1 is 1.15 bits per heavy atom. The molecule has 0 saturated carbocycles. The fourth-order valence-corrected chi connectivity index (χ4v) is 3.55. The number of amides is 1. The Bertz CT molecular complexity index is 725. The van der Waals surface area contributed by atoms with Crippen molar-refractivity contribution in [2.24, 2.45) is 5.92 Å². The highest BCUT2D eigenvalue weighted by atomic mass is 79.9. The number of ether oxygens (including phenoxy) is 1. The number of carbonyl (C=O) groups excluding carboxylic acids is 1. The van der Waals surface area contributed by atoms with Crippen molar-refractivity contribution in [3.8, 4) is 5.75 Å². The lowest BCUT2D eigenvalue weighted by Crippen LogP contribution is -2.37. The Balaban J connectivity index is 1.51. The van der Waals surface area contributed by atoms with Gasteiger partial charge in [-0.05, 0) is 62.7 Å². The number of hydrogen-bond donors (Lipinski definition) is 1. The van der Waals surface area contributed by atoms with Crippen LogP contribution >= 0.6 is 15.9 Å². The average molecular weight is 417 g/mol. The predicted octanol–water partition coefficient (Wildman–Crippen LogP) is 4.70. The van der Waals surface area contributed by atoms with Crippen LogP contribution in [0, 0.1) is 5.92 Å². The smallest absolute Gasteiger partial charge is 0.227 e. The third kappa shape index (κ3) is 5.08. The van der Waals surface area contributed by atoms with Crippen molar-refractivity contribution >= 4 is 27.5 Å². The first-order chi connectivity index (χ1) is 12.7.